The van der Waals surface area contributed by atoms with Gasteiger partial charge in [-0.1, -0.05) is 30.4 Å². The minimum atomic E-state index is -0.167. The van der Waals surface area contributed by atoms with E-state index < -0.39 is 0 Å². The molecule has 0 spiro atoms. The van der Waals surface area contributed by atoms with Crippen LogP contribution in [0.5, 0.6) is 23.0 Å². The molecule has 0 saturated carbocycles. The van der Waals surface area contributed by atoms with E-state index in [2.05, 4.69) is 0 Å². The topological polar surface area (TPSA) is 54.0 Å². The molecule has 5 nitrogen and oxygen atoms in total. The van der Waals surface area contributed by atoms with E-state index in [1.165, 1.54) is 27.4 Å². The van der Waals surface area contributed by atoms with Gasteiger partial charge < -0.3 is 18.9 Å². The molecule has 0 aliphatic carbocycles. The van der Waals surface area contributed by atoms with Crippen LogP contribution in [0.3, 0.4) is 0 Å². The summed E-state index contributed by atoms with van der Waals surface area (Å²) in [4.78, 5) is 12.4. The summed E-state index contributed by atoms with van der Waals surface area (Å²) in [6, 6.07) is 10.9. The van der Waals surface area contributed by atoms with Crippen molar-refractivity contribution in [1.29, 1.82) is 0 Å². The summed E-state index contributed by atoms with van der Waals surface area (Å²) in [5, 5.41) is 0. The van der Waals surface area contributed by atoms with Gasteiger partial charge in [0.15, 0.2) is 17.3 Å². The summed E-state index contributed by atoms with van der Waals surface area (Å²) < 4.78 is 21.0. The third-order valence-electron chi connectivity index (χ3n) is 3.69. The maximum atomic E-state index is 12.4. The Morgan fingerprint density at radius 1 is 0.846 bits per heavy atom. The van der Waals surface area contributed by atoms with Gasteiger partial charge >= 0.3 is 0 Å². The van der Waals surface area contributed by atoms with Crippen LogP contribution in [0.1, 0.15) is 15.9 Å². The van der Waals surface area contributed by atoms with Crippen LogP contribution in [-0.2, 0) is 0 Å². The van der Waals surface area contributed by atoms with E-state index in [-0.39, 0.29) is 5.78 Å². The lowest BCUT2D eigenvalue weighted by Crippen LogP contribution is -2.00. The lowest BCUT2D eigenvalue weighted by atomic mass is 10.1. The normalized spacial score (nSPS) is 10.9. The van der Waals surface area contributed by atoms with Gasteiger partial charge in [0.1, 0.15) is 5.75 Å². The highest BCUT2D eigenvalue weighted by molar-refractivity contribution is 6.05. The van der Waals surface area contributed by atoms with Crippen molar-refractivity contribution in [2.24, 2.45) is 0 Å². The van der Waals surface area contributed by atoms with Gasteiger partial charge in [0.05, 0.1) is 28.4 Å². The minimum absolute atomic E-state index is 0.167. The van der Waals surface area contributed by atoms with Crippen LogP contribution in [0.15, 0.2) is 54.6 Å². The Kier molecular flexibility index (Phi) is 6.85. The molecular weight excluding hydrogens is 332 g/mol. The van der Waals surface area contributed by atoms with E-state index in [1.54, 1.807) is 31.4 Å². The first-order valence-electron chi connectivity index (χ1n) is 7.96. The Labute approximate surface area is 153 Å². The Morgan fingerprint density at radius 3 is 2.12 bits per heavy atom. The average Bonchev–Trinajstić information content (AvgIpc) is 2.69. The molecule has 0 fully saturated rings. The monoisotopic (exact) mass is 354 g/mol. The van der Waals surface area contributed by atoms with E-state index in [1.807, 2.05) is 30.3 Å². The fourth-order valence-corrected chi connectivity index (χ4v) is 2.37. The number of methoxy groups -OCH3 is 4. The Hall–Kier alpha value is -3.21. The molecule has 2 aromatic carbocycles. The second-order valence-corrected chi connectivity index (χ2v) is 5.27. The number of allylic oxidation sites excluding steroid dienone is 3. The highest BCUT2D eigenvalue weighted by atomic mass is 16.5. The van der Waals surface area contributed by atoms with Crippen LogP contribution >= 0.6 is 0 Å². The van der Waals surface area contributed by atoms with Crippen molar-refractivity contribution in [3.63, 3.8) is 0 Å². The molecule has 0 amide bonds. The van der Waals surface area contributed by atoms with E-state index >= 15 is 0 Å². The molecule has 2 rings (SSSR count). The number of rotatable bonds is 8. The number of ketones is 1. The Bertz CT molecular complexity index is 796. The molecule has 5 heteroatoms. The maximum absolute atomic E-state index is 12.4. The van der Waals surface area contributed by atoms with Crippen LogP contribution < -0.4 is 18.9 Å². The fourth-order valence-electron chi connectivity index (χ4n) is 2.37. The van der Waals surface area contributed by atoms with Crippen molar-refractivity contribution in [2.75, 3.05) is 28.4 Å². The molecule has 0 aromatic heterocycles. The van der Waals surface area contributed by atoms with Crippen LogP contribution in [0.25, 0.3) is 6.08 Å². The van der Waals surface area contributed by atoms with Crippen LogP contribution in [-0.4, -0.2) is 34.2 Å². The van der Waals surface area contributed by atoms with Crippen LogP contribution in [0.4, 0.5) is 0 Å². The van der Waals surface area contributed by atoms with E-state index in [4.69, 9.17) is 18.9 Å². The molecule has 0 atom stereocenters. The second kappa shape index (κ2) is 9.32. The first kappa shape index (κ1) is 19.1. The molecule has 0 bridgehead atoms. The summed E-state index contributed by atoms with van der Waals surface area (Å²) >= 11 is 0. The van der Waals surface area contributed by atoms with E-state index in [9.17, 15) is 4.79 Å². The zero-order chi connectivity index (χ0) is 18.9. The highest BCUT2D eigenvalue weighted by Crippen LogP contribution is 2.38. The molecule has 0 radical (unpaired) electrons. The second-order valence-electron chi connectivity index (χ2n) is 5.27. The van der Waals surface area contributed by atoms with Crippen molar-refractivity contribution in [3.8, 4) is 23.0 Å². The van der Waals surface area contributed by atoms with Gasteiger partial charge in [-0.05, 0) is 35.9 Å². The number of carbonyl (C=O) groups excluding carboxylic acids is 1. The fraction of sp³-hybridized carbons (Fsp3) is 0.190. The average molecular weight is 354 g/mol. The minimum Gasteiger partial charge on any atom is -0.497 e. The van der Waals surface area contributed by atoms with Crippen LogP contribution in [0, 0.1) is 0 Å². The molecule has 136 valence electrons. The highest BCUT2D eigenvalue weighted by Gasteiger charge is 2.15. The summed E-state index contributed by atoms with van der Waals surface area (Å²) in [6.07, 6.45) is 6.86. The molecule has 0 unspecified atom stereocenters. The van der Waals surface area contributed by atoms with Crippen LogP contribution in [0.2, 0.25) is 0 Å². The molecule has 0 saturated heterocycles. The summed E-state index contributed by atoms with van der Waals surface area (Å²) in [5.41, 5.74) is 1.43. The quantitative estimate of drug-likeness (QED) is 0.404. The lowest BCUT2D eigenvalue weighted by Gasteiger charge is -2.13. The maximum Gasteiger partial charge on any atom is 0.203 e. The molecule has 0 aliphatic heterocycles. The van der Waals surface area contributed by atoms with Crippen molar-refractivity contribution in [3.05, 3.63) is 65.8 Å². The van der Waals surface area contributed by atoms with Gasteiger partial charge in [-0.2, -0.15) is 0 Å². The first-order valence-corrected chi connectivity index (χ1v) is 7.96. The van der Waals surface area contributed by atoms with Gasteiger partial charge in [0, 0.05) is 5.56 Å². The van der Waals surface area contributed by atoms with Gasteiger partial charge in [-0.15, -0.1) is 0 Å². The zero-order valence-corrected chi connectivity index (χ0v) is 15.3. The summed E-state index contributed by atoms with van der Waals surface area (Å²) in [6.45, 7) is 0. The smallest absolute Gasteiger partial charge is 0.203 e. The van der Waals surface area contributed by atoms with Crippen molar-refractivity contribution in [2.45, 2.75) is 0 Å². The SMILES string of the molecule is COc1cccc(C=CC=CC(=O)c2cc(OC)c(OC)c(OC)c2)c1. The number of carbonyl (C=O) groups is 1. The molecular formula is C21H22O5. The predicted molar refractivity (Wildman–Crippen MR) is 102 cm³/mol. The summed E-state index contributed by atoms with van der Waals surface area (Å²) in [5.74, 6) is 1.95. The standard InChI is InChI=1S/C21H22O5/c1-23-17-10-7-9-15(12-17)8-5-6-11-18(22)16-13-19(24-2)21(26-4)20(14-16)25-3/h5-14H,1-4H3. The number of hydrogen-bond donors (Lipinski definition) is 0. The first-order chi connectivity index (χ1) is 12.6. The third-order valence-corrected chi connectivity index (χ3v) is 3.69. The van der Waals surface area contributed by atoms with Crippen molar-refractivity contribution < 1.29 is 23.7 Å². The molecule has 26 heavy (non-hydrogen) atoms. The number of hydrogen-bond acceptors (Lipinski definition) is 5. The van der Waals surface area contributed by atoms with Crippen molar-refractivity contribution >= 4 is 11.9 Å². The largest absolute Gasteiger partial charge is 0.497 e. The number of benzene rings is 2. The zero-order valence-electron chi connectivity index (χ0n) is 15.3. The van der Waals surface area contributed by atoms with Gasteiger partial charge in [0.2, 0.25) is 5.75 Å². The predicted octanol–water partition coefficient (Wildman–Crippen LogP) is 4.17. The van der Waals surface area contributed by atoms with Gasteiger partial charge in [0.25, 0.3) is 0 Å². The van der Waals surface area contributed by atoms with Gasteiger partial charge in [-0.25, -0.2) is 0 Å². The van der Waals surface area contributed by atoms with Crippen molar-refractivity contribution in [1.82, 2.24) is 0 Å². The third kappa shape index (κ3) is 4.66. The van der Waals surface area contributed by atoms with Gasteiger partial charge in [-0.3, -0.25) is 4.79 Å². The van der Waals surface area contributed by atoms with E-state index in [0.717, 1.165) is 11.3 Å². The lowest BCUT2D eigenvalue weighted by molar-refractivity contribution is 0.104. The summed E-state index contributed by atoms with van der Waals surface area (Å²) in [7, 11) is 6.17. The molecule has 0 aliphatic rings. The Balaban J connectivity index is 2.16. The molecule has 2 aromatic rings. The molecule has 0 heterocycles. The molecule has 0 N–H and O–H groups in total. The van der Waals surface area contributed by atoms with E-state index in [0.29, 0.717) is 22.8 Å². The Morgan fingerprint density at radius 2 is 1.54 bits per heavy atom. The number of ether oxygens (including phenoxy) is 4.